The molecule has 1 aromatic heterocycles. The lowest BCUT2D eigenvalue weighted by Gasteiger charge is -2.26. The first kappa shape index (κ1) is 35.7. The van der Waals surface area contributed by atoms with Gasteiger partial charge in [0.15, 0.2) is 5.58 Å². The van der Waals surface area contributed by atoms with Crippen LogP contribution < -0.4 is 4.90 Å². The van der Waals surface area contributed by atoms with E-state index in [1.807, 2.05) is 0 Å². The van der Waals surface area contributed by atoms with Gasteiger partial charge < -0.3 is 9.32 Å². The van der Waals surface area contributed by atoms with Gasteiger partial charge in [-0.25, -0.2) is 0 Å². The van der Waals surface area contributed by atoms with Crippen molar-refractivity contribution in [3.8, 4) is 33.4 Å². The maximum Gasteiger partial charge on any atom is 0.160 e. The highest BCUT2D eigenvalue weighted by Gasteiger charge is 2.25. The molecule has 286 valence electrons. The Balaban J connectivity index is 1.03. The van der Waals surface area contributed by atoms with E-state index in [1.54, 1.807) is 0 Å². The number of fused-ring (bicyclic) bond motifs is 7. The third-order valence-electron chi connectivity index (χ3n) is 12.1. The molecule has 0 N–H and O–H groups in total. The summed E-state index contributed by atoms with van der Waals surface area (Å²) >= 11 is 0. The van der Waals surface area contributed by atoms with Gasteiger partial charge in [0.1, 0.15) is 5.58 Å². The standard InChI is InChI=1S/C58H43NO/c1-58(2,3)53-19-11-18-52-55-51-17-10-9-16-48(51)37-54(57(55)60-56(52)53)59(49-30-26-40(27-31-49)38-12-5-4-6-13-38)50-32-28-41(29-33-50)43-22-23-46-36-47(25-24-45(46)35-43)44-21-20-39-14-7-8-15-42(39)34-44/h4-37H,1-3H3. The average Bonchev–Trinajstić information content (AvgIpc) is 3.69. The van der Waals surface area contributed by atoms with Crippen LogP contribution in [0.3, 0.4) is 0 Å². The molecule has 0 unspecified atom stereocenters. The lowest BCUT2D eigenvalue weighted by atomic mass is 9.86. The van der Waals surface area contributed by atoms with Gasteiger partial charge in [-0.2, -0.15) is 0 Å². The van der Waals surface area contributed by atoms with Crippen molar-refractivity contribution in [1.82, 2.24) is 0 Å². The molecule has 0 fully saturated rings. The molecule has 1 heterocycles. The van der Waals surface area contributed by atoms with E-state index in [2.05, 4.69) is 232 Å². The van der Waals surface area contributed by atoms with Gasteiger partial charge in [-0.3, -0.25) is 0 Å². The Morgan fingerprint density at radius 1 is 0.350 bits per heavy atom. The third-order valence-corrected chi connectivity index (χ3v) is 12.1. The first-order valence-corrected chi connectivity index (χ1v) is 20.8. The minimum Gasteiger partial charge on any atom is -0.454 e. The summed E-state index contributed by atoms with van der Waals surface area (Å²) in [6.45, 7) is 6.78. The van der Waals surface area contributed by atoms with Crippen LogP contribution in [-0.4, -0.2) is 0 Å². The van der Waals surface area contributed by atoms with Crippen molar-refractivity contribution < 1.29 is 4.42 Å². The fourth-order valence-corrected chi connectivity index (χ4v) is 9.02. The summed E-state index contributed by atoms with van der Waals surface area (Å²) in [5.41, 5.74) is 13.3. The van der Waals surface area contributed by atoms with Gasteiger partial charge in [0.05, 0.1) is 5.69 Å². The molecule has 0 bridgehead atoms. The maximum atomic E-state index is 7.11. The van der Waals surface area contributed by atoms with Gasteiger partial charge >= 0.3 is 0 Å². The molecule has 2 heteroatoms. The van der Waals surface area contributed by atoms with Crippen molar-refractivity contribution in [2.45, 2.75) is 26.2 Å². The number of nitrogens with zero attached hydrogens (tertiary/aromatic N) is 1. The molecular formula is C58H43NO. The number of hydrogen-bond acceptors (Lipinski definition) is 2. The van der Waals surface area contributed by atoms with Crippen molar-refractivity contribution in [2.24, 2.45) is 0 Å². The molecule has 0 aliphatic carbocycles. The molecule has 0 aliphatic heterocycles. The van der Waals surface area contributed by atoms with Crippen LogP contribution in [0.4, 0.5) is 17.1 Å². The molecule has 0 amide bonds. The Bertz CT molecular complexity index is 3390. The van der Waals surface area contributed by atoms with Crippen molar-refractivity contribution in [2.75, 3.05) is 4.90 Å². The number of para-hydroxylation sites is 1. The first-order chi connectivity index (χ1) is 29.4. The summed E-state index contributed by atoms with van der Waals surface area (Å²) in [6, 6.07) is 75.0. The molecule has 0 atom stereocenters. The second-order valence-corrected chi connectivity index (χ2v) is 17.0. The van der Waals surface area contributed by atoms with Gasteiger partial charge in [0.2, 0.25) is 0 Å². The van der Waals surface area contributed by atoms with E-state index in [0.717, 1.165) is 39.0 Å². The summed E-state index contributed by atoms with van der Waals surface area (Å²) < 4.78 is 7.11. The highest BCUT2D eigenvalue weighted by molar-refractivity contribution is 6.23. The second kappa shape index (κ2) is 14.1. The Labute approximate surface area is 350 Å². The minimum atomic E-state index is -0.0889. The molecule has 11 rings (SSSR count). The Kier molecular flexibility index (Phi) is 8.42. The van der Waals surface area contributed by atoms with Crippen LogP contribution in [-0.2, 0) is 5.41 Å². The Morgan fingerprint density at radius 3 is 1.45 bits per heavy atom. The number of benzene rings is 10. The molecule has 10 aromatic carbocycles. The third kappa shape index (κ3) is 6.20. The molecule has 0 aliphatic rings. The van der Waals surface area contributed by atoms with Crippen molar-refractivity contribution >= 4 is 71.3 Å². The van der Waals surface area contributed by atoms with Gasteiger partial charge in [0.25, 0.3) is 0 Å². The molecular weight excluding hydrogens is 727 g/mol. The quantitative estimate of drug-likeness (QED) is 0.167. The molecule has 0 saturated carbocycles. The largest absolute Gasteiger partial charge is 0.454 e. The van der Waals surface area contributed by atoms with Crippen LogP contribution in [0, 0.1) is 0 Å². The maximum absolute atomic E-state index is 7.11. The van der Waals surface area contributed by atoms with E-state index in [0.29, 0.717) is 0 Å². The zero-order chi connectivity index (χ0) is 40.4. The number of hydrogen-bond donors (Lipinski definition) is 0. The molecule has 11 aromatic rings. The number of furan rings is 1. The highest BCUT2D eigenvalue weighted by atomic mass is 16.3. The molecule has 0 saturated heterocycles. The van der Waals surface area contributed by atoms with E-state index in [4.69, 9.17) is 4.42 Å². The van der Waals surface area contributed by atoms with Crippen LogP contribution in [0.25, 0.3) is 87.6 Å². The van der Waals surface area contributed by atoms with E-state index in [-0.39, 0.29) is 5.41 Å². The fourth-order valence-electron chi connectivity index (χ4n) is 9.02. The lowest BCUT2D eigenvalue weighted by molar-refractivity contribution is 0.573. The summed E-state index contributed by atoms with van der Waals surface area (Å²) in [5, 5.41) is 9.62. The molecule has 2 nitrogen and oxygen atoms in total. The Morgan fingerprint density at radius 2 is 0.817 bits per heavy atom. The number of rotatable bonds is 6. The normalized spacial score (nSPS) is 11.9. The van der Waals surface area contributed by atoms with Crippen molar-refractivity contribution in [3.63, 3.8) is 0 Å². The van der Waals surface area contributed by atoms with Crippen molar-refractivity contribution in [1.29, 1.82) is 0 Å². The zero-order valence-corrected chi connectivity index (χ0v) is 34.0. The summed E-state index contributed by atoms with van der Waals surface area (Å²) in [5.74, 6) is 0. The van der Waals surface area contributed by atoms with Crippen LogP contribution in [0.15, 0.2) is 211 Å². The summed E-state index contributed by atoms with van der Waals surface area (Å²) in [4.78, 5) is 2.36. The van der Waals surface area contributed by atoms with Crippen LogP contribution in [0.5, 0.6) is 0 Å². The van der Waals surface area contributed by atoms with E-state index in [9.17, 15) is 0 Å². The fraction of sp³-hybridized carbons (Fsp3) is 0.0690. The topological polar surface area (TPSA) is 16.4 Å². The van der Waals surface area contributed by atoms with Gasteiger partial charge in [-0.05, 0) is 120 Å². The second-order valence-electron chi connectivity index (χ2n) is 17.0. The van der Waals surface area contributed by atoms with Gasteiger partial charge in [-0.15, -0.1) is 0 Å². The molecule has 0 spiro atoms. The minimum absolute atomic E-state index is 0.0889. The Hall–Kier alpha value is -7.42. The van der Waals surface area contributed by atoms with E-state index >= 15 is 0 Å². The van der Waals surface area contributed by atoms with Gasteiger partial charge in [0, 0.05) is 27.7 Å². The molecule has 0 radical (unpaired) electrons. The van der Waals surface area contributed by atoms with Crippen molar-refractivity contribution in [3.05, 3.63) is 212 Å². The number of anilines is 3. The zero-order valence-electron chi connectivity index (χ0n) is 34.0. The highest BCUT2D eigenvalue weighted by Crippen LogP contribution is 2.47. The van der Waals surface area contributed by atoms with Crippen LogP contribution in [0.1, 0.15) is 26.3 Å². The van der Waals surface area contributed by atoms with Gasteiger partial charge in [-0.1, -0.05) is 178 Å². The lowest BCUT2D eigenvalue weighted by Crippen LogP contribution is -2.11. The van der Waals surface area contributed by atoms with Crippen LogP contribution in [0.2, 0.25) is 0 Å². The predicted molar refractivity (Wildman–Crippen MR) is 256 cm³/mol. The summed E-state index contributed by atoms with van der Waals surface area (Å²) in [7, 11) is 0. The summed E-state index contributed by atoms with van der Waals surface area (Å²) in [6.07, 6.45) is 0. The van der Waals surface area contributed by atoms with E-state index in [1.165, 1.54) is 71.3 Å². The molecule has 60 heavy (non-hydrogen) atoms. The smallest absolute Gasteiger partial charge is 0.160 e. The van der Waals surface area contributed by atoms with E-state index < -0.39 is 0 Å². The first-order valence-electron chi connectivity index (χ1n) is 20.8. The SMILES string of the molecule is CC(C)(C)c1cccc2c1oc1c(N(c3ccc(-c4ccccc4)cc3)c3ccc(-c4ccc5cc(-c6ccc7ccccc7c6)ccc5c4)cc3)cc3ccccc3c12. The predicted octanol–water partition coefficient (Wildman–Crippen LogP) is 16.8. The van der Waals surface area contributed by atoms with Crippen LogP contribution >= 0.6 is 0 Å². The average molecular weight is 770 g/mol. The monoisotopic (exact) mass is 769 g/mol.